The van der Waals surface area contributed by atoms with Crippen LogP contribution in [0.2, 0.25) is 5.02 Å². The van der Waals surface area contributed by atoms with Crippen molar-refractivity contribution in [3.8, 4) is 5.75 Å². The summed E-state index contributed by atoms with van der Waals surface area (Å²) in [5, 5.41) is 14.4. The molecule has 0 heterocycles. The molecule has 20 heavy (non-hydrogen) atoms. The van der Waals surface area contributed by atoms with Gasteiger partial charge >= 0.3 is 0 Å². The number of benzene rings is 1. The lowest BCUT2D eigenvalue weighted by atomic mass is 9.85. The van der Waals surface area contributed by atoms with Gasteiger partial charge in [-0.2, -0.15) is 0 Å². The molecule has 0 saturated heterocycles. The van der Waals surface area contributed by atoms with E-state index in [1.165, 1.54) is 6.42 Å². The molecule has 112 valence electrons. The standard InChI is InChI=1S/C16H24ClNO2/c1-12(18-2)14-10-13(17)6-7-15(14)20-11-16(19)8-4-3-5-9-16/h6-7,10,12,18-19H,3-5,8-9,11H2,1-2H3. The summed E-state index contributed by atoms with van der Waals surface area (Å²) in [6.45, 7) is 2.42. The molecular formula is C16H24ClNO2. The van der Waals surface area contributed by atoms with Crippen LogP contribution in [0.15, 0.2) is 18.2 Å². The molecule has 0 aliphatic heterocycles. The molecule has 1 aromatic carbocycles. The predicted octanol–water partition coefficient (Wildman–Crippen LogP) is 3.69. The molecule has 1 atom stereocenters. The molecule has 0 spiro atoms. The Morgan fingerprint density at radius 3 is 2.70 bits per heavy atom. The Labute approximate surface area is 126 Å². The fraction of sp³-hybridized carbons (Fsp3) is 0.625. The summed E-state index contributed by atoms with van der Waals surface area (Å²) < 4.78 is 5.91. The van der Waals surface area contributed by atoms with Crippen LogP contribution in [0, 0.1) is 0 Å². The summed E-state index contributed by atoms with van der Waals surface area (Å²) in [5.74, 6) is 0.801. The Kier molecular flexibility index (Phi) is 5.30. The minimum absolute atomic E-state index is 0.157. The zero-order valence-electron chi connectivity index (χ0n) is 12.3. The summed E-state index contributed by atoms with van der Waals surface area (Å²) >= 11 is 6.06. The first-order chi connectivity index (χ1) is 9.54. The minimum atomic E-state index is -0.669. The SMILES string of the molecule is CNC(C)c1cc(Cl)ccc1OCC1(O)CCCCC1. The van der Waals surface area contributed by atoms with Gasteiger partial charge in [-0.1, -0.05) is 30.9 Å². The number of hydrogen-bond acceptors (Lipinski definition) is 3. The Bertz CT molecular complexity index is 444. The Hall–Kier alpha value is -0.770. The Balaban J connectivity index is 2.08. The summed E-state index contributed by atoms with van der Waals surface area (Å²) in [5.41, 5.74) is 0.359. The third kappa shape index (κ3) is 3.87. The molecule has 0 amide bonds. The lowest BCUT2D eigenvalue weighted by Gasteiger charge is -2.32. The maximum atomic E-state index is 10.5. The van der Waals surface area contributed by atoms with Crippen molar-refractivity contribution in [2.45, 2.75) is 50.7 Å². The van der Waals surface area contributed by atoms with E-state index in [2.05, 4.69) is 12.2 Å². The number of halogens is 1. The largest absolute Gasteiger partial charge is 0.490 e. The van der Waals surface area contributed by atoms with Gasteiger partial charge in [0, 0.05) is 16.6 Å². The maximum Gasteiger partial charge on any atom is 0.124 e. The lowest BCUT2D eigenvalue weighted by Crippen LogP contribution is -2.38. The smallest absolute Gasteiger partial charge is 0.124 e. The monoisotopic (exact) mass is 297 g/mol. The normalized spacial score (nSPS) is 19.6. The molecule has 2 rings (SSSR count). The van der Waals surface area contributed by atoms with E-state index in [9.17, 15) is 5.11 Å². The zero-order valence-corrected chi connectivity index (χ0v) is 13.0. The molecule has 1 aromatic rings. The Morgan fingerprint density at radius 2 is 2.05 bits per heavy atom. The molecule has 4 heteroatoms. The molecule has 2 N–H and O–H groups in total. The van der Waals surface area contributed by atoms with E-state index in [0.717, 1.165) is 37.0 Å². The van der Waals surface area contributed by atoms with E-state index in [0.29, 0.717) is 11.6 Å². The van der Waals surface area contributed by atoms with Gasteiger partial charge in [0.15, 0.2) is 0 Å². The van der Waals surface area contributed by atoms with Gasteiger partial charge in [0.1, 0.15) is 12.4 Å². The predicted molar refractivity (Wildman–Crippen MR) is 82.5 cm³/mol. The third-order valence-electron chi connectivity index (χ3n) is 4.15. The van der Waals surface area contributed by atoms with Gasteiger partial charge in [-0.05, 0) is 45.0 Å². The lowest BCUT2D eigenvalue weighted by molar-refractivity contribution is -0.0341. The fourth-order valence-corrected chi connectivity index (χ4v) is 2.89. The summed E-state index contributed by atoms with van der Waals surface area (Å²) in [6, 6.07) is 5.79. The second kappa shape index (κ2) is 6.79. The molecule has 1 aliphatic rings. The third-order valence-corrected chi connectivity index (χ3v) is 4.39. The molecule has 0 aromatic heterocycles. The van der Waals surface area contributed by atoms with E-state index in [-0.39, 0.29) is 6.04 Å². The van der Waals surface area contributed by atoms with Gasteiger partial charge in [0.05, 0.1) is 5.60 Å². The van der Waals surface area contributed by atoms with Crippen molar-refractivity contribution in [2.75, 3.05) is 13.7 Å². The Morgan fingerprint density at radius 1 is 1.35 bits per heavy atom. The second-order valence-corrected chi connectivity index (χ2v) is 6.20. The van der Waals surface area contributed by atoms with Gasteiger partial charge in [-0.15, -0.1) is 0 Å². The van der Waals surface area contributed by atoms with Crippen LogP contribution in [0.1, 0.15) is 50.6 Å². The topological polar surface area (TPSA) is 41.5 Å². The molecular weight excluding hydrogens is 274 g/mol. The van der Waals surface area contributed by atoms with Crippen molar-refractivity contribution in [2.24, 2.45) is 0 Å². The van der Waals surface area contributed by atoms with Crippen molar-refractivity contribution in [1.29, 1.82) is 0 Å². The maximum absolute atomic E-state index is 10.5. The van der Waals surface area contributed by atoms with Crippen LogP contribution in [0.25, 0.3) is 0 Å². The highest BCUT2D eigenvalue weighted by Crippen LogP contribution is 2.32. The molecule has 1 aliphatic carbocycles. The van der Waals surface area contributed by atoms with Crippen LogP contribution in [0.5, 0.6) is 5.75 Å². The van der Waals surface area contributed by atoms with Crippen LogP contribution >= 0.6 is 11.6 Å². The van der Waals surface area contributed by atoms with Crippen LogP contribution < -0.4 is 10.1 Å². The number of aliphatic hydroxyl groups is 1. The van der Waals surface area contributed by atoms with Crippen molar-refractivity contribution in [1.82, 2.24) is 5.32 Å². The van der Waals surface area contributed by atoms with Crippen LogP contribution in [-0.2, 0) is 0 Å². The highest BCUT2D eigenvalue weighted by molar-refractivity contribution is 6.30. The second-order valence-electron chi connectivity index (χ2n) is 5.77. The van der Waals surface area contributed by atoms with Crippen molar-refractivity contribution in [3.63, 3.8) is 0 Å². The molecule has 1 saturated carbocycles. The molecule has 3 nitrogen and oxygen atoms in total. The van der Waals surface area contributed by atoms with Gasteiger partial charge in [-0.25, -0.2) is 0 Å². The van der Waals surface area contributed by atoms with Crippen molar-refractivity contribution in [3.05, 3.63) is 28.8 Å². The van der Waals surface area contributed by atoms with Gasteiger partial charge in [0.25, 0.3) is 0 Å². The quantitative estimate of drug-likeness (QED) is 0.871. The van der Waals surface area contributed by atoms with Gasteiger partial charge < -0.3 is 15.2 Å². The fourth-order valence-electron chi connectivity index (χ4n) is 2.71. The molecule has 1 unspecified atom stereocenters. The average Bonchev–Trinajstić information content (AvgIpc) is 2.46. The van der Waals surface area contributed by atoms with E-state index in [1.54, 1.807) is 0 Å². The molecule has 0 bridgehead atoms. The van der Waals surface area contributed by atoms with Gasteiger partial charge in [0.2, 0.25) is 0 Å². The number of ether oxygens (including phenoxy) is 1. The van der Waals surface area contributed by atoms with E-state index >= 15 is 0 Å². The molecule has 1 fully saturated rings. The number of hydrogen-bond donors (Lipinski definition) is 2. The minimum Gasteiger partial charge on any atom is -0.490 e. The average molecular weight is 298 g/mol. The first-order valence-electron chi connectivity index (χ1n) is 7.36. The van der Waals surface area contributed by atoms with Crippen LogP contribution in [0.3, 0.4) is 0 Å². The van der Waals surface area contributed by atoms with Crippen LogP contribution in [-0.4, -0.2) is 24.4 Å². The number of nitrogens with one attached hydrogen (secondary N) is 1. The summed E-state index contributed by atoms with van der Waals surface area (Å²) in [6.07, 6.45) is 5.04. The molecule has 0 radical (unpaired) electrons. The summed E-state index contributed by atoms with van der Waals surface area (Å²) in [4.78, 5) is 0. The van der Waals surface area contributed by atoms with E-state index in [4.69, 9.17) is 16.3 Å². The zero-order chi connectivity index (χ0) is 14.6. The van der Waals surface area contributed by atoms with Crippen LogP contribution in [0.4, 0.5) is 0 Å². The first kappa shape index (κ1) is 15.6. The highest BCUT2D eigenvalue weighted by atomic mass is 35.5. The van der Waals surface area contributed by atoms with E-state index in [1.807, 2.05) is 25.2 Å². The number of rotatable bonds is 5. The van der Waals surface area contributed by atoms with Gasteiger partial charge in [-0.3, -0.25) is 0 Å². The highest BCUT2D eigenvalue weighted by Gasteiger charge is 2.30. The van der Waals surface area contributed by atoms with Crippen molar-refractivity contribution >= 4 is 11.6 Å². The van der Waals surface area contributed by atoms with E-state index < -0.39 is 5.60 Å². The van der Waals surface area contributed by atoms with Crippen molar-refractivity contribution < 1.29 is 9.84 Å². The first-order valence-corrected chi connectivity index (χ1v) is 7.74. The summed E-state index contributed by atoms with van der Waals surface area (Å²) in [7, 11) is 1.91.